The number of hydrogen-bond donors (Lipinski definition) is 2. The maximum Gasteiger partial charge on any atom is 0.248 e. The first-order valence-electron chi connectivity index (χ1n) is 9.68. The van der Waals surface area contributed by atoms with Crippen molar-refractivity contribution < 1.29 is 4.79 Å². The van der Waals surface area contributed by atoms with E-state index in [2.05, 4.69) is 31.3 Å². The Morgan fingerprint density at radius 3 is 2.79 bits per heavy atom. The molecule has 130 valence electrons. The van der Waals surface area contributed by atoms with Crippen molar-refractivity contribution in [1.29, 1.82) is 0 Å². The van der Waals surface area contributed by atoms with Crippen molar-refractivity contribution in [2.24, 2.45) is 17.6 Å². The standard InChI is InChI=1S/C21H30N2O/c1-13(14-6-7-14)23-19-12-15-8-9-16(20(22)24)11-18(15)21(2)10-4-3-5-17(19)21/h8-9,11,13-14,17,19,23H,3-7,10,12H2,1-2H3,(H2,22,24)/t13-,17?,19-,21+/m1/s1. The van der Waals surface area contributed by atoms with E-state index in [4.69, 9.17) is 5.73 Å². The minimum Gasteiger partial charge on any atom is -0.366 e. The zero-order valence-corrected chi connectivity index (χ0v) is 15.0. The fourth-order valence-corrected chi connectivity index (χ4v) is 5.40. The first-order chi connectivity index (χ1) is 11.5. The molecule has 0 aliphatic heterocycles. The number of nitrogens with two attached hydrogens (primary N) is 1. The fourth-order valence-electron chi connectivity index (χ4n) is 5.40. The molecule has 1 aromatic carbocycles. The molecule has 0 saturated heterocycles. The lowest BCUT2D eigenvalue weighted by atomic mass is 9.56. The van der Waals surface area contributed by atoms with Gasteiger partial charge in [-0.25, -0.2) is 0 Å². The van der Waals surface area contributed by atoms with Gasteiger partial charge in [-0.15, -0.1) is 0 Å². The van der Waals surface area contributed by atoms with Crippen molar-refractivity contribution in [3.63, 3.8) is 0 Å². The number of fused-ring (bicyclic) bond motifs is 3. The molecule has 3 heteroatoms. The number of nitrogens with one attached hydrogen (secondary N) is 1. The van der Waals surface area contributed by atoms with Gasteiger partial charge in [0.05, 0.1) is 0 Å². The molecular weight excluding hydrogens is 296 g/mol. The Labute approximate surface area is 145 Å². The van der Waals surface area contributed by atoms with Gasteiger partial charge in [-0.1, -0.05) is 25.8 Å². The number of carbonyl (C=O) groups excluding carboxylic acids is 1. The maximum absolute atomic E-state index is 11.7. The van der Waals surface area contributed by atoms with Gasteiger partial charge in [-0.05, 0) is 79.5 Å². The molecule has 0 heterocycles. The number of benzene rings is 1. The highest BCUT2D eigenvalue weighted by molar-refractivity contribution is 5.93. The van der Waals surface area contributed by atoms with E-state index in [-0.39, 0.29) is 11.3 Å². The van der Waals surface area contributed by atoms with Crippen LogP contribution in [0.5, 0.6) is 0 Å². The average Bonchev–Trinajstić information content (AvgIpc) is 3.39. The summed E-state index contributed by atoms with van der Waals surface area (Å²) in [6, 6.07) is 7.36. The zero-order valence-electron chi connectivity index (χ0n) is 15.0. The van der Waals surface area contributed by atoms with Crippen molar-refractivity contribution in [2.75, 3.05) is 0 Å². The van der Waals surface area contributed by atoms with Gasteiger partial charge in [-0.3, -0.25) is 4.79 Å². The first kappa shape index (κ1) is 16.1. The molecule has 0 radical (unpaired) electrons. The van der Waals surface area contributed by atoms with Gasteiger partial charge in [0.15, 0.2) is 0 Å². The Morgan fingerprint density at radius 2 is 2.08 bits per heavy atom. The molecule has 3 aliphatic rings. The van der Waals surface area contributed by atoms with E-state index >= 15 is 0 Å². The van der Waals surface area contributed by atoms with Crippen LogP contribution in [0.2, 0.25) is 0 Å². The Morgan fingerprint density at radius 1 is 1.29 bits per heavy atom. The van der Waals surface area contributed by atoms with E-state index in [0.717, 1.165) is 12.3 Å². The van der Waals surface area contributed by atoms with E-state index in [1.807, 2.05) is 6.07 Å². The van der Waals surface area contributed by atoms with Crippen molar-refractivity contribution in [3.8, 4) is 0 Å². The van der Waals surface area contributed by atoms with E-state index in [0.29, 0.717) is 23.6 Å². The lowest BCUT2D eigenvalue weighted by Crippen LogP contribution is -2.55. The maximum atomic E-state index is 11.7. The molecule has 1 unspecified atom stereocenters. The van der Waals surface area contributed by atoms with Gasteiger partial charge in [0.25, 0.3) is 0 Å². The summed E-state index contributed by atoms with van der Waals surface area (Å²) in [5.41, 5.74) is 9.19. The molecule has 2 fully saturated rings. The van der Waals surface area contributed by atoms with Crippen LogP contribution in [0.1, 0.15) is 73.9 Å². The van der Waals surface area contributed by atoms with Crippen LogP contribution in [0.25, 0.3) is 0 Å². The minimum absolute atomic E-state index is 0.179. The molecule has 1 amide bonds. The predicted molar refractivity (Wildman–Crippen MR) is 97.1 cm³/mol. The van der Waals surface area contributed by atoms with Gasteiger partial charge in [0.2, 0.25) is 5.91 Å². The lowest BCUT2D eigenvalue weighted by molar-refractivity contribution is 0.0999. The highest BCUT2D eigenvalue weighted by Crippen LogP contribution is 2.50. The summed E-state index contributed by atoms with van der Waals surface area (Å²) in [5, 5.41) is 3.99. The second kappa shape index (κ2) is 5.87. The van der Waals surface area contributed by atoms with Crippen molar-refractivity contribution in [1.82, 2.24) is 5.32 Å². The fraction of sp³-hybridized carbons (Fsp3) is 0.667. The normalized spacial score (nSPS) is 33.4. The molecule has 0 aromatic heterocycles. The molecule has 3 nitrogen and oxygen atoms in total. The van der Waals surface area contributed by atoms with Gasteiger partial charge < -0.3 is 11.1 Å². The van der Waals surface area contributed by atoms with Crippen LogP contribution >= 0.6 is 0 Å². The number of rotatable bonds is 4. The van der Waals surface area contributed by atoms with E-state index < -0.39 is 0 Å². The Hall–Kier alpha value is -1.35. The summed E-state index contributed by atoms with van der Waals surface area (Å²) in [5.74, 6) is 1.25. The van der Waals surface area contributed by atoms with Crippen LogP contribution in [0, 0.1) is 11.8 Å². The third kappa shape index (κ3) is 2.67. The number of amides is 1. The van der Waals surface area contributed by atoms with Crippen LogP contribution in [0.4, 0.5) is 0 Å². The smallest absolute Gasteiger partial charge is 0.248 e. The Kier molecular flexibility index (Phi) is 3.95. The Bertz CT molecular complexity index is 651. The summed E-state index contributed by atoms with van der Waals surface area (Å²) >= 11 is 0. The zero-order chi connectivity index (χ0) is 16.9. The molecule has 2 saturated carbocycles. The van der Waals surface area contributed by atoms with Crippen molar-refractivity contribution >= 4 is 5.91 Å². The summed E-state index contributed by atoms with van der Waals surface area (Å²) in [6.45, 7) is 4.79. The molecular formula is C21H30N2O. The third-order valence-electron chi connectivity index (χ3n) is 7.02. The predicted octanol–water partition coefficient (Wildman–Crippen LogP) is 3.55. The molecule has 0 spiro atoms. The number of primary amides is 1. The van der Waals surface area contributed by atoms with E-state index in [1.54, 1.807) is 0 Å². The van der Waals surface area contributed by atoms with Crippen molar-refractivity contribution in [3.05, 3.63) is 34.9 Å². The molecule has 0 bridgehead atoms. The van der Waals surface area contributed by atoms with Crippen LogP contribution < -0.4 is 11.1 Å². The average molecular weight is 326 g/mol. The van der Waals surface area contributed by atoms with E-state index in [9.17, 15) is 4.79 Å². The molecule has 3 aliphatic carbocycles. The molecule has 1 aromatic rings. The van der Waals surface area contributed by atoms with Crippen LogP contribution in [0.15, 0.2) is 18.2 Å². The largest absolute Gasteiger partial charge is 0.366 e. The minimum atomic E-state index is -0.309. The summed E-state index contributed by atoms with van der Waals surface area (Å²) < 4.78 is 0. The quantitative estimate of drug-likeness (QED) is 0.889. The van der Waals surface area contributed by atoms with Crippen LogP contribution in [0.3, 0.4) is 0 Å². The van der Waals surface area contributed by atoms with Gasteiger partial charge in [0.1, 0.15) is 0 Å². The summed E-state index contributed by atoms with van der Waals surface area (Å²) in [7, 11) is 0. The molecule has 4 rings (SSSR count). The molecule has 4 atom stereocenters. The monoisotopic (exact) mass is 326 g/mol. The lowest BCUT2D eigenvalue weighted by Gasteiger charge is -2.51. The second-order valence-electron chi connectivity index (χ2n) is 8.61. The van der Waals surface area contributed by atoms with Crippen LogP contribution in [-0.2, 0) is 11.8 Å². The van der Waals surface area contributed by atoms with Gasteiger partial charge in [0, 0.05) is 17.6 Å². The highest BCUT2D eigenvalue weighted by atomic mass is 16.1. The molecule has 24 heavy (non-hydrogen) atoms. The first-order valence-corrected chi connectivity index (χ1v) is 9.68. The van der Waals surface area contributed by atoms with Gasteiger partial charge >= 0.3 is 0 Å². The second-order valence-corrected chi connectivity index (χ2v) is 8.61. The summed E-state index contributed by atoms with van der Waals surface area (Å²) in [6.07, 6.45) is 9.02. The van der Waals surface area contributed by atoms with Gasteiger partial charge in [-0.2, -0.15) is 0 Å². The topological polar surface area (TPSA) is 55.1 Å². The Balaban J connectivity index is 1.70. The highest BCUT2D eigenvalue weighted by Gasteiger charge is 2.47. The SMILES string of the molecule is C[C@@H](N[C@@H]1Cc2ccc(C(N)=O)cc2[C@@]2(C)CCCCC12)C1CC1. The van der Waals surface area contributed by atoms with Crippen LogP contribution in [-0.4, -0.2) is 18.0 Å². The number of carbonyl (C=O) groups is 1. The molecule has 3 N–H and O–H groups in total. The number of hydrogen-bond acceptors (Lipinski definition) is 2. The summed E-state index contributed by atoms with van der Waals surface area (Å²) in [4.78, 5) is 11.7. The third-order valence-corrected chi connectivity index (χ3v) is 7.02. The van der Waals surface area contributed by atoms with Crippen molar-refractivity contribution in [2.45, 2.75) is 76.3 Å². The van der Waals surface area contributed by atoms with E-state index in [1.165, 1.54) is 49.7 Å².